The number of aromatic nitrogens is 3. The number of rotatable bonds is 7. The molecule has 3 aromatic rings. The van der Waals surface area contributed by atoms with E-state index in [0.29, 0.717) is 29.7 Å². The summed E-state index contributed by atoms with van der Waals surface area (Å²) >= 11 is 0. The zero-order valence-electron chi connectivity index (χ0n) is 24.9. The Kier molecular flexibility index (Phi) is 9.41. The van der Waals surface area contributed by atoms with Crippen LogP contribution in [0, 0.1) is 31.0 Å². The molecule has 2 aromatic heterocycles. The molecule has 1 fully saturated rings. The molecule has 1 aromatic carbocycles. The quantitative estimate of drug-likeness (QED) is 0.178. The van der Waals surface area contributed by atoms with E-state index in [-0.39, 0.29) is 35.3 Å². The Morgan fingerprint density at radius 2 is 2.05 bits per heavy atom. The molecule has 1 aliphatic carbocycles. The third kappa shape index (κ3) is 6.35. The zero-order valence-corrected chi connectivity index (χ0v) is 24.9. The van der Waals surface area contributed by atoms with Gasteiger partial charge in [-0.05, 0) is 67.0 Å². The molecule has 0 unspecified atom stereocenters. The lowest BCUT2D eigenvalue weighted by Crippen LogP contribution is -2.42. The first kappa shape index (κ1) is 30.4. The van der Waals surface area contributed by atoms with Crippen LogP contribution in [-0.2, 0) is 21.4 Å². The van der Waals surface area contributed by atoms with E-state index in [0.717, 1.165) is 35.0 Å². The summed E-state index contributed by atoms with van der Waals surface area (Å²) in [6.07, 6.45) is 11.0. The lowest BCUT2D eigenvalue weighted by Gasteiger charge is -2.29. The molecule has 2 heterocycles. The van der Waals surface area contributed by atoms with Gasteiger partial charge in [-0.3, -0.25) is 19.3 Å². The minimum atomic E-state index is -0.398. The Hall–Kier alpha value is -4.52. The van der Waals surface area contributed by atoms with Crippen molar-refractivity contribution < 1.29 is 18.7 Å². The number of aliphatic imine (C=N–C) groups is 1. The average Bonchev–Trinajstić information content (AvgIpc) is 3.30. The van der Waals surface area contributed by atoms with E-state index in [1.165, 1.54) is 26.3 Å². The summed E-state index contributed by atoms with van der Waals surface area (Å²) in [5.74, 6) is 1.73. The predicted octanol–water partition coefficient (Wildman–Crippen LogP) is 5.05. The van der Waals surface area contributed by atoms with Crippen molar-refractivity contribution in [1.29, 1.82) is 0 Å². The third-order valence-corrected chi connectivity index (χ3v) is 7.63. The van der Waals surface area contributed by atoms with Gasteiger partial charge in [0.15, 0.2) is 5.82 Å². The minimum Gasteiger partial charge on any atom is -0.481 e. The van der Waals surface area contributed by atoms with Crippen molar-refractivity contribution in [2.24, 2.45) is 18.0 Å². The number of anilines is 1. The Morgan fingerprint density at radius 1 is 1.29 bits per heavy atom. The molecule has 9 nitrogen and oxygen atoms in total. The molecule has 0 saturated heterocycles. The SMILES string of the molecule is C#C/C=C(C(=O)N[C@@H]1CCC[C@H](C(=O)Nc2cc(-c3cc(F)c4nn(C)c(C(C)C)c4c3)c(C)cn2)C1)\C(=N/C)OC. The molecule has 1 aliphatic rings. The van der Waals surface area contributed by atoms with Crippen LogP contribution in [0.15, 0.2) is 41.0 Å². The third-order valence-electron chi connectivity index (χ3n) is 7.63. The van der Waals surface area contributed by atoms with Crippen LogP contribution in [-0.4, -0.2) is 52.7 Å². The second-order valence-electron chi connectivity index (χ2n) is 10.9. The van der Waals surface area contributed by atoms with Crippen LogP contribution in [0.5, 0.6) is 0 Å². The molecule has 10 heteroatoms. The molecular weight excluding hydrogens is 535 g/mol. The molecule has 42 heavy (non-hydrogen) atoms. The van der Waals surface area contributed by atoms with Gasteiger partial charge in [0, 0.05) is 49.4 Å². The van der Waals surface area contributed by atoms with Crippen molar-refractivity contribution in [3.63, 3.8) is 0 Å². The van der Waals surface area contributed by atoms with E-state index in [2.05, 4.69) is 45.5 Å². The fraction of sp³-hybridized carbons (Fsp3) is 0.406. The number of hydrogen-bond donors (Lipinski definition) is 2. The molecule has 0 bridgehead atoms. The van der Waals surface area contributed by atoms with Crippen molar-refractivity contribution in [2.45, 2.75) is 58.4 Å². The molecular formula is C32H37FN6O3. The molecule has 2 atom stereocenters. The van der Waals surface area contributed by atoms with Gasteiger partial charge in [0.2, 0.25) is 11.8 Å². The number of pyridine rings is 1. The highest BCUT2D eigenvalue weighted by Gasteiger charge is 2.30. The monoisotopic (exact) mass is 572 g/mol. The topological polar surface area (TPSA) is 111 Å². The fourth-order valence-corrected chi connectivity index (χ4v) is 5.70. The van der Waals surface area contributed by atoms with E-state index in [1.807, 2.05) is 20.0 Å². The molecule has 1 saturated carbocycles. The van der Waals surface area contributed by atoms with Crippen molar-refractivity contribution in [1.82, 2.24) is 20.1 Å². The first-order valence-corrected chi connectivity index (χ1v) is 14.0. The van der Waals surface area contributed by atoms with Crippen molar-refractivity contribution in [3.8, 4) is 23.5 Å². The molecule has 0 spiro atoms. The number of fused-ring (bicyclic) bond motifs is 1. The lowest BCUT2D eigenvalue weighted by molar-refractivity contribution is -0.122. The van der Waals surface area contributed by atoms with Gasteiger partial charge in [0.25, 0.3) is 5.91 Å². The zero-order chi connectivity index (χ0) is 30.6. The van der Waals surface area contributed by atoms with Gasteiger partial charge < -0.3 is 15.4 Å². The number of amides is 2. The number of halogens is 1. The number of aryl methyl sites for hydroxylation is 2. The van der Waals surface area contributed by atoms with E-state index in [4.69, 9.17) is 11.2 Å². The van der Waals surface area contributed by atoms with Gasteiger partial charge in [-0.25, -0.2) is 9.37 Å². The van der Waals surface area contributed by atoms with Gasteiger partial charge >= 0.3 is 0 Å². The van der Waals surface area contributed by atoms with Crippen LogP contribution in [0.3, 0.4) is 0 Å². The molecule has 0 radical (unpaired) electrons. The largest absolute Gasteiger partial charge is 0.481 e. The summed E-state index contributed by atoms with van der Waals surface area (Å²) in [5.41, 5.74) is 3.76. The molecule has 2 amide bonds. The standard InChI is InChI=1S/C32H37FN6O3/c1-8-10-23(32(34-5)42-7)31(41)36-22-12-9-11-20(13-22)30(40)37-27-16-24(19(4)17-35-27)21-14-25-28(26(33)15-21)38-39(6)29(25)18(2)3/h1,10,14-18,20,22H,9,11-13H2,2-7H3,(H,36,41)(H,35,37,40)/b23-10-,34-32+/t20-,22+/m0/s1. The number of benzene rings is 1. The summed E-state index contributed by atoms with van der Waals surface area (Å²) in [6, 6.07) is 4.98. The smallest absolute Gasteiger partial charge is 0.257 e. The Balaban J connectivity index is 1.52. The Morgan fingerprint density at radius 3 is 2.71 bits per heavy atom. The fourth-order valence-electron chi connectivity index (χ4n) is 5.70. The number of carbonyl (C=O) groups excluding carboxylic acids is 2. The van der Waals surface area contributed by atoms with E-state index < -0.39 is 11.7 Å². The Bertz CT molecular complexity index is 1610. The lowest BCUT2D eigenvalue weighted by atomic mass is 9.85. The van der Waals surface area contributed by atoms with Gasteiger partial charge in [-0.2, -0.15) is 5.10 Å². The number of hydrogen-bond acceptors (Lipinski definition) is 6. The molecule has 0 aliphatic heterocycles. The second kappa shape index (κ2) is 13.0. The van der Waals surface area contributed by atoms with Crippen LogP contribution in [0.4, 0.5) is 10.2 Å². The highest BCUT2D eigenvalue weighted by atomic mass is 19.1. The minimum absolute atomic E-state index is 0.139. The average molecular weight is 573 g/mol. The maximum Gasteiger partial charge on any atom is 0.257 e. The van der Waals surface area contributed by atoms with E-state index >= 15 is 4.39 Å². The first-order valence-electron chi connectivity index (χ1n) is 14.0. The van der Waals surface area contributed by atoms with Crippen molar-refractivity contribution >= 4 is 34.4 Å². The summed E-state index contributed by atoms with van der Waals surface area (Å²) in [7, 11) is 4.75. The molecule has 220 valence electrons. The van der Waals surface area contributed by atoms with Crippen molar-refractivity contribution in [3.05, 3.63) is 53.1 Å². The maximum absolute atomic E-state index is 15.2. The number of methoxy groups -OCH3 is 1. The summed E-state index contributed by atoms with van der Waals surface area (Å²) in [6.45, 7) is 6.01. The summed E-state index contributed by atoms with van der Waals surface area (Å²) in [5, 5.41) is 11.1. The number of nitrogens with zero attached hydrogens (tertiary/aromatic N) is 4. The predicted molar refractivity (Wildman–Crippen MR) is 163 cm³/mol. The van der Waals surface area contributed by atoms with Gasteiger partial charge in [-0.1, -0.05) is 26.2 Å². The van der Waals surface area contributed by atoms with E-state index in [1.54, 1.807) is 16.9 Å². The second-order valence-corrected chi connectivity index (χ2v) is 10.9. The number of ether oxygens (including phenoxy) is 1. The number of carbonyl (C=O) groups is 2. The maximum atomic E-state index is 15.2. The van der Waals surface area contributed by atoms with Crippen LogP contribution in [0.25, 0.3) is 22.0 Å². The number of terminal acetylenes is 1. The normalized spacial score (nSPS) is 17.7. The number of nitrogens with one attached hydrogen (secondary N) is 2. The van der Waals surface area contributed by atoms with Crippen LogP contribution in [0.2, 0.25) is 0 Å². The van der Waals surface area contributed by atoms with Gasteiger partial charge in [-0.15, -0.1) is 6.42 Å². The summed E-state index contributed by atoms with van der Waals surface area (Å²) < 4.78 is 22.1. The van der Waals surface area contributed by atoms with Gasteiger partial charge in [0.05, 0.1) is 7.11 Å². The van der Waals surface area contributed by atoms with Crippen molar-refractivity contribution in [2.75, 3.05) is 19.5 Å². The van der Waals surface area contributed by atoms with Gasteiger partial charge in [0.1, 0.15) is 16.9 Å². The highest BCUT2D eigenvalue weighted by Crippen LogP contribution is 2.34. The number of allylic oxidation sites excluding steroid dienone is 1. The Labute approximate surface area is 245 Å². The molecule has 4 rings (SSSR count). The van der Waals surface area contributed by atoms with Crippen LogP contribution in [0.1, 0.15) is 56.7 Å². The van der Waals surface area contributed by atoms with Crippen LogP contribution < -0.4 is 10.6 Å². The van der Waals surface area contributed by atoms with Crippen LogP contribution >= 0.6 is 0 Å². The van der Waals surface area contributed by atoms with E-state index in [9.17, 15) is 9.59 Å². The molecule has 2 N–H and O–H groups in total. The highest BCUT2D eigenvalue weighted by molar-refractivity contribution is 6.18. The first-order chi connectivity index (χ1) is 20.1. The summed E-state index contributed by atoms with van der Waals surface area (Å²) in [4.78, 5) is 34.6.